The normalized spacial score (nSPS) is 14.2. The molecule has 4 rings (SSSR count). The molecule has 0 radical (unpaired) electrons. The minimum absolute atomic E-state index is 0.355. The van der Waals surface area contributed by atoms with Crippen LogP contribution in [0.3, 0.4) is 0 Å². The molecule has 1 aliphatic carbocycles. The molecule has 130 valence electrons. The molecule has 0 amide bonds. The fourth-order valence-electron chi connectivity index (χ4n) is 3.37. The Labute approximate surface area is 158 Å². The van der Waals surface area contributed by atoms with Gasteiger partial charge >= 0.3 is 5.97 Å². The number of hydrogen-bond acceptors (Lipinski definition) is 5. The summed E-state index contributed by atoms with van der Waals surface area (Å²) in [5, 5.41) is 4.03. The van der Waals surface area contributed by atoms with E-state index < -0.39 is 0 Å². The summed E-state index contributed by atoms with van der Waals surface area (Å²) in [5.41, 5.74) is 4.78. The van der Waals surface area contributed by atoms with Crippen LogP contribution in [0.4, 0.5) is 0 Å². The Morgan fingerprint density at radius 1 is 1.40 bits per heavy atom. The number of imidazole rings is 1. The van der Waals surface area contributed by atoms with Gasteiger partial charge in [-0.15, -0.1) is 0 Å². The fourth-order valence-corrected chi connectivity index (χ4v) is 4.06. The van der Waals surface area contributed by atoms with Crippen LogP contribution in [0.5, 0.6) is 0 Å². The van der Waals surface area contributed by atoms with Crippen molar-refractivity contribution in [2.75, 3.05) is 7.11 Å². The summed E-state index contributed by atoms with van der Waals surface area (Å²) in [6.07, 6.45) is 2.31. The highest BCUT2D eigenvalue weighted by Gasteiger charge is 2.31. The zero-order valence-electron chi connectivity index (χ0n) is 14.3. The summed E-state index contributed by atoms with van der Waals surface area (Å²) in [6, 6.07) is 3.88. The highest BCUT2D eigenvalue weighted by molar-refractivity contribution is 14.1. The van der Waals surface area contributed by atoms with Crippen molar-refractivity contribution in [2.24, 2.45) is 0 Å². The molecule has 0 atom stereocenters. The van der Waals surface area contributed by atoms with Crippen molar-refractivity contribution < 1.29 is 14.1 Å². The maximum atomic E-state index is 12.5. The predicted molar refractivity (Wildman–Crippen MR) is 102 cm³/mol. The first kappa shape index (κ1) is 16.6. The minimum Gasteiger partial charge on any atom is -0.465 e. The van der Waals surface area contributed by atoms with Crippen LogP contribution in [-0.2, 0) is 9.29 Å². The lowest BCUT2D eigenvalue weighted by Crippen LogP contribution is -2.07. The van der Waals surface area contributed by atoms with Gasteiger partial charge in [0.2, 0.25) is 0 Å². The zero-order valence-corrected chi connectivity index (χ0v) is 16.5. The lowest BCUT2D eigenvalue weighted by molar-refractivity contribution is 0.0602. The van der Waals surface area contributed by atoms with Crippen molar-refractivity contribution >= 4 is 39.6 Å². The van der Waals surface area contributed by atoms with Gasteiger partial charge in [-0.1, -0.05) is 27.7 Å². The Bertz CT molecular complexity index is 966. The highest BCUT2D eigenvalue weighted by Crippen LogP contribution is 2.42. The van der Waals surface area contributed by atoms with Crippen LogP contribution < -0.4 is 0 Å². The minimum atomic E-state index is -0.355. The predicted octanol–water partition coefficient (Wildman–Crippen LogP) is 4.36. The molecule has 1 aromatic carbocycles. The smallest absolute Gasteiger partial charge is 0.340 e. The molecule has 0 aliphatic heterocycles. The Morgan fingerprint density at radius 2 is 2.16 bits per heavy atom. The van der Waals surface area contributed by atoms with Crippen LogP contribution in [0.1, 0.15) is 46.4 Å². The van der Waals surface area contributed by atoms with Crippen molar-refractivity contribution in [3.05, 3.63) is 35.0 Å². The summed E-state index contributed by atoms with van der Waals surface area (Å²) >= 11 is 2.31. The fraction of sp³-hybridized carbons (Fsp3) is 0.389. The Morgan fingerprint density at radius 3 is 2.72 bits per heavy atom. The molecule has 0 saturated heterocycles. The molecular formula is C18H18IN3O3. The van der Waals surface area contributed by atoms with Crippen LogP contribution in [0.15, 0.2) is 16.7 Å². The second kappa shape index (κ2) is 6.12. The third kappa shape index (κ3) is 2.65. The maximum Gasteiger partial charge on any atom is 0.340 e. The van der Waals surface area contributed by atoms with Gasteiger partial charge in [0.05, 0.1) is 34.0 Å². The molecule has 0 unspecified atom stereocenters. The molecular weight excluding hydrogens is 433 g/mol. The van der Waals surface area contributed by atoms with E-state index in [1.807, 2.05) is 26.0 Å². The molecule has 0 bridgehead atoms. The first-order valence-corrected chi connectivity index (χ1v) is 9.69. The van der Waals surface area contributed by atoms with Crippen molar-refractivity contribution in [1.29, 1.82) is 0 Å². The summed E-state index contributed by atoms with van der Waals surface area (Å²) < 4.78 is 13.2. The van der Waals surface area contributed by atoms with E-state index in [-0.39, 0.29) is 5.97 Å². The second-order valence-electron chi connectivity index (χ2n) is 6.37. The van der Waals surface area contributed by atoms with Gasteiger partial charge in [0.15, 0.2) is 0 Å². The number of alkyl halides is 1. The average Bonchev–Trinajstić information content (AvgIpc) is 3.31. The number of carbonyl (C=O) groups is 1. The van der Waals surface area contributed by atoms with Gasteiger partial charge in [-0.2, -0.15) is 0 Å². The van der Waals surface area contributed by atoms with Crippen molar-refractivity contribution in [3.63, 3.8) is 0 Å². The van der Waals surface area contributed by atoms with Gasteiger partial charge < -0.3 is 13.8 Å². The molecule has 7 heteroatoms. The molecule has 2 aromatic heterocycles. The SMILES string of the molecule is COC(=O)c1cc(-c2c(C)noc2C)cc2nc(C3CC3)n(CI)c12. The van der Waals surface area contributed by atoms with Crippen LogP contribution in [0.2, 0.25) is 0 Å². The number of fused-ring (bicyclic) bond motifs is 1. The van der Waals surface area contributed by atoms with E-state index >= 15 is 0 Å². The standard InChI is InChI=1S/C18H18IN3O3/c1-9-15(10(2)25-21-9)12-6-13(18(23)24-3)16-14(7-12)20-17(11-4-5-11)22(16)8-19/h6-7,11H,4-5,8H2,1-3H3. The largest absolute Gasteiger partial charge is 0.465 e. The van der Waals surface area contributed by atoms with Gasteiger partial charge in [-0.05, 0) is 44.4 Å². The molecule has 1 fully saturated rings. The first-order valence-electron chi connectivity index (χ1n) is 8.16. The van der Waals surface area contributed by atoms with E-state index in [4.69, 9.17) is 14.2 Å². The van der Waals surface area contributed by atoms with Gasteiger partial charge in [-0.3, -0.25) is 0 Å². The van der Waals surface area contributed by atoms with Gasteiger partial charge in [-0.25, -0.2) is 9.78 Å². The van der Waals surface area contributed by atoms with Crippen LogP contribution in [0, 0.1) is 13.8 Å². The second-order valence-corrected chi connectivity index (χ2v) is 7.06. The third-order valence-electron chi connectivity index (χ3n) is 4.66. The Kier molecular flexibility index (Phi) is 4.05. The van der Waals surface area contributed by atoms with Gasteiger partial charge in [0.25, 0.3) is 0 Å². The molecule has 2 heterocycles. The molecule has 1 aliphatic rings. The van der Waals surface area contributed by atoms with E-state index in [2.05, 4.69) is 32.3 Å². The van der Waals surface area contributed by atoms with Crippen LogP contribution >= 0.6 is 22.6 Å². The number of ether oxygens (including phenoxy) is 1. The topological polar surface area (TPSA) is 70.2 Å². The number of halogens is 1. The highest BCUT2D eigenvalue weighted by atomic mass is 127. The maximum absolute atomic E-state index is 12.5. The number of esters is 1. The van der Waals surface area contributed by atoms with Crippen molar-refractivity contribution in [3.8, 4) is 11.1 Å². The zero-order chi connectivity index (χ0) is 17.7. The van der Waals surface area contributed by atoms with Crippen LogP contribution in [0.25, 0.3) is 22.2 Å². The van der Waals surface area contributed by atoms with Gasteiger partial charge in [0.1, 0.15) is 11.6 Å². The molecule has 0 spiro atoms. The summed E-state index contributed by atoms with van der Waals surface area (Å²) in [4.78, 5) is 17.3. The number of hydrogen-bond donors (Lipinski definition) is 0. The van der Waals surface area contributed by atoms with Gasteiger partial charge in [0, 0.05) is 11.5 Å². The van der Waals surface area contributed by atoms with E-state index in [0.717, 1.165) is 56.8 Å². The number of methoxy groups -OCH3 is 1. The average molecular weight is 451 g/mol. The van der Waals surface area contributed by atoms with E-state index in [0.29, 0.717) is 11.5 Å². The lowest BCUT2D eigenvalue weighted by atomic mass is 10.0. The molecule has 25 heavy (non-hydrogen) atoms. The number of aromatic nitrogens is 3. The molecule has 1 saturated carbocycles. The number of aryl methyl sites for hydroxylation is 2. The first-order chi connectivity index (χ1) is 12.0. The van der Waals surface area contributed by atoms with Crippen molar-refractivity contribution in [1.82, 2.24) is 14.7 Å². The third-order valence-corrected chi connectivity index (χ3v) is 5.34. The van der Waals surface area contributed by atoms with Crippen LogP contribution in [-0.4, -0.2) is 27.8 Å². The monoisotopic (exact) mass is 451 g/mol. The Balaban J connectivity index is 2.03. The quantitative estimate of drug-likeness (QED) is 0.335. The van der Waals surface area contributed by atoms with E-state index in [1.54, 1.807) is 0 Å². The summed E-state index contributed by atoms with van der Waals surface area (Å²) in [7, 11) is 1.41. The number of benzene rings is 1. The summed E-state index contributed by atoms with van der Waals surface area (Å²) in [6.45, 7) is 3.77. The van der Waals surface area contributed by atoms with E-state index in [1.165, 1.54) is 7.11 Å². The number of carbonyl (C=O) groups excluding carboxylic acids is 1. The molecule has 0 N–H and O–H groups in total. The van der Waals surface area contributed by atoms with Crippen molar-refractivity contribution in [2.45, 2.75) is 37.2 Å². The number of nitrogens with zero attached hydrogens (tertiary/aromatic N) is 3. The Hall–Kier alpha value is -1.90. The number of rotatable bonds is 4. The van der Waals surface area contributed by atoms with E-state index in [9.17, 15) is 4.79 Å². The molecule has 6 nitrogen and oxygen atoms in total. The lowest BCUT2D eigenvalue weighted by Gasteiger charge is -2.09. The molecule has 3 aromatic rings. The summed E-state index contributed by atoms with van der Waals surface area (Å²) in [5.74, 6) is 1.93.